The fourth-order valence-corrected chi connectivity index (χ4v) is 3.53. The summed E-state index contributed by atoms with van der Waals surface area (Å²) in [5.41, 5.74) is 6.46. The van der Waals surface area contributed by atoms with Crippen LogP contribution in [-0.4, -0.2) is 40.5 Å². The van der Waals surface area contributed by atoms with Gasteiger partial charge in [-0.1, -0.05) is 0 Å². The monoisotopic (exact) mass is 424 g/mol. The van der Waals surface area contributed by atoms with Gasteiger partial charge in [-0.05, 0) is 39.3 Å². The molecule has 0 saturated carbocycles. The number of hydrogen-bond acceptors (Lipinski definition) is 7. The fraction of sp³-hybridized carbons (Fsp3) is 0.364. The minimum absolute atomic E-state index is 0.0137. The van der Waals surface area contributed by atoms with E-state index in [9.17, 15) is 9.59 Å². The molecule has 1 aliphatic rings. The summed E-state index contributed by atoms with van der Waals surface area (Å²) in [7, 11) is 0. The van der Waals surface area contributed by atoms with Gasteiger partial charge in [-0.15, -0.1) is 0 Å². The summed E-state index contributed by atoms with van der Waals surface area (Å²) in [6, 6.07) is 3.27. The van der Waals surface area contributed by atoms with E-state index in [0.29, 0.717) is 52.5 Å². The average molecular weight is 424 g/mol. The molecule has 2 amide bonds. The summed E-state index contributed by atoms with van der Waals surface area (Å²) < 4.78 is 17.5. The van der Waals surface area contributed by atoms with Crippen molar-refractivity contribution in [1.29, 1.82) is 0 Å². The standard InChI is InChI=1S/C22H24N4O5/c1-11(2)30-18-7-15-14(6-16(18)20(23)28)17(22-24-8-12(3)31-22)9-25-21(15)29-10-13-4-5-19(27)26-13/h6-9,11,13H,4-5,10H2,1-3H3,(H2,23,28)(H,26,27). The second-order valence-electron chi connectivity index (χ2n) is 7.79. The van der Waals surface area contributed by atoms with Crippen LogP contribution < -0.4 is 20.5 Å². The summed E-state index contributed by atoms with van der Waals surface area (Å²) in [6.45, 7) is 5.80. The Balaban J connectivity index is 1.83. The van der Waals surface area contributed by atoms with E-state index in [-0.39, 0.29) is 30.2 Å². The van der Waals surface area contributed by atoms with Crippen LogP contribution in [0.15, 0.2) is 28.9 Å². The van der Waals surface area contributed by atoms with Gasteiger partial charge in [0.1, 0.15) is 18.1 Å². The first-order valence-corrected chi connectivity index (χ1v) is 10.1. The number of carbonyl (C=O) groups is 2. The van der Waals surface area contributed by atoms with Gasteiger partial charge in [-0.25, -0.2) is 9.97 Å². The van der Waals surface area contributed by atoms with Gasteiger partial charge in [-0.2, -0.15) is 0 Å². The maximum Gasteiger partial charge on any atom is 0.252 e. The smallest absolute Gasteiger partial charge is 0.252 e. The Morgan fingerprint density at radius 2 is 2.10 bits per heavy atom. The van der Waals surface area contributed by atoms with Crippen LogP contribution in [0.4, 0.5) is 0 Å². The predicted octanol–water partition coefficient (Wildman–Crippen LogP) is 2.74. The molecule has 0 aliphatic carbocycles. The van der Waals surface area contributed by atoms with Crippen LogP contribution in [0.2, 0.25) is 0 Å². The number of nitrogens with zero attached hydrogens (tertiary/aromatic N) is 2. The quantitative estimate of drug-likeness (QED) is 0.596. The van der Waals surface area contributed by atoms with Gasteiger partial charge >= 0.3 is 0 Å². The highest BCUT2D eigenvalue weighted by Crippen LogP contribution is 2.37. The maximum atomic E-state index is 12.1. The molecule has 9 nitrogen and oxygen atoms in total. The number of oxazole rings is 1. The number of fused-ring (bicyclic) bond motifs is 1. The molecule has 3 heterocycles. The molecule has 0 spiro atoms. The number of rotatable bonds is 7. The Morgan fingerprint density at radius 1 is 1.29 bits per heavy atom. The van der Waals surface area contributed by atoms with Crippen molar-refractivity contribution in [1.82, 2.24) is 15.3 Å². The molecule has 3 N–H and O–H groups in total. The van der Waals surface area contributed by atoms with E-state index in [4.69, 9.17) is 19.6 Å². The van der Waals surface area contributed by atoms with Crippen molar-refractivity contribution in [2.24, 2.45) is 5.73 Å². The highest BCUT2D eigenvalue weighted by Gasteiger charge is 2.23. The van der Waals surface area contributed by atoms with E-state index in [1.807, 2.05) is 13.8 Å². The Hall–Kier alpha value is -3.62. The van der Waals surface area contributed by atoms with E-state index < -0.39 is 5.91 Å². The van der Waals surface area contributed by atoms with Crippen LogP contribution in [-0.2, 0) is 4.79 Å². The van der Waals surface area contributed by atoms with Crippen LogP contribution in [0, 0.1) is 6.92 Å². The molecule has 1 fully saturated rings. The zero-order valence-corrected chi connectivity index (χ0v) is 17.6. The van der Waals surface area contributed by atoms with E-state index in [2.05, 4.69) is 15.3 Å². The number of primary amides is 1. The summed E-state index contributed by atoms with van der Waals surface area (Å²) in [5.74, 6) is 1.12. The summed E-state index contributed by atoms with van der Waals surface area (Å²) >= 11 is 0. The molecule has 4 rings (SSSR count). The molecule has 1 aliphatic heterocycles. The van der Waals surface area contributed by atoms with Crippen molar-refractivity contribution in [2.75, 3.05) is 6.61 Å². The first-order chi connectivity index (χ1) is 14.8. The van der Waals surface area contributed by atoms with Crippen LogP contribution in [0.3, 0.4) is 0 Å². The molecule has 1 atom stereocenters. The number of nitrogens with one attached hydrogen (secondary N) is 1. The number of aryl methyl sites for hydroxylation is 1. The predicted molar refractivity (Wildman–Crippen MR) is 113 cm³/mol. The second kappa shape index (κ2) is 8.25. The Morgan fingerprint density at radius 3 is 2.71 bits per heavy atom. The van der Waals surface area contributed by atoms with Crippen LogP contribution in [0.25, 0.3) is 22.2 Å². The molecule has 9 heteroatoms. The Labute approximate surface area is 178 Å². The highest BCUT2D eigenvalue weighted by atomic mass is 16.5. The highest BCUT2D eigenvalue weighted by molar-refractivity contribution is 6.05. The zero-order valence-electron chi connectivity index (χ0n) is 17.6. The summed E-state index contributed by atoms with van der Waals surface area (Å²) in [4.78, 5) is 32.3. The molecule has 31 heavy (non-hydrogen) atoms. The fourth-order valence-electron chi connectivity index (χ4n) is 3.53. The lowest BCUT2D eigenvalue weighted by Crippen LogP contribution is -2.31. The number of benzene rings is 1. The number of amides is 2. The molecule has 1 saturated heterocycles. The van der Waals surface area contributed by atoms with Gasteiger partial charge in [0.25, 0.3) is 5.91 Å². The minimum Gasteiger partial charge on any atom is -0.490 e. The SMILES string of the molecule is Cc1cnc(-c2cnc(OCC3CCC(=O)N3)c3cc(OC(C)C)c(C(N)=O)cc23)o1. The van der Waals surface area contributed by atoms with Crippen molar-refractivity contribution in [3.63, 3.8) is 0 Å². The van der Waals surface area contributed by atoms with Crippen molar-refractivity contribution in [2.45, 2.75) is 45.8 Å². The average Bonchev–Trinajstić information content (AvgIpc) is 3.33. The molecule has 1 unspecified atom stereocenters. The number of nitrogens with two attached hydrogens (primary N) is 1. The number of carbonyl (C=O) groups excluding carboxylic acids is 2. The lowest BCUT2D eigenvalue weighted by atomic mass is 10.0. The lowest BCUT2D eigenvalue weighted by molar-refractivity contribution is -0.119. The molecule has 1 aromatic carbocycles. The van der Waals surface area contributed by atoms with Gasteiger partial charge < -0.3 is 24.9 Å². The van der Waals surface area contributed by atoms with Crippen LogP contribution >= 0.6 is 0 Å². The van der Waals surface area contributed by atoms with E-state index in [1.54, 1.807) is 31.5 Å². The third-order valence-electron chi connectivity index (χ3n) is 4.94. The van der Waals surface area contributed by atoms with E-state index >= 15 is 0 Å². The van der Waals surface area contributed by atoms with E-state index in [1.165, 1.54) is 0 Å². The Kier molecular flexibility index (Phi) is 5.50. The molecule has 3 aromatic rings. The van der Waals surface area contributed by atoms with Crippen molar-refractivity contribution >= 4 is 22.6 Å². The number of pyridine rings is 1. The first kappa shape index (κ1) is 20.6. The zero-order chi connectivity index (χ0) is 22.1. The summed E-state index contributed by atoms with van der Waals surface area (Å²) in [5, 5.41) is 4.14. The molecule has 162 valence electrons. The molecule has 2 aromatic heterocycles. The summed E-state index contributed by atoms with van der Waals surface area (Å²) in [6.07, 6.45) is 4.22. The van der Waals surface area contributed by atoms with Crippen molar-refractivity contribution < 1.29 is 23.5 Å². The number of hydrogen-bond donors (Lipinski definition) is 2. The minimum atomic E-state index is -0.611. The van der Waals surface area contributed by atoms with Gasteiger partial charge in [-0.3, -0.25) is 9.59 Å². The Bertz CT molecular complexity index is 1150. The number of ether oxygens (including phenoxy) is 2. The molecular formula is C22H24N4O5. The molecular weight excluding hydrogens is 400 g/mol. The topological polar surface area (TPSA) is 130 Å². The van der Waals surface area contributed by atoms with Gasteiger partial charge in [0.15, 0.2) is 0 Å². The van der Waals surface area contributed by atoms with Crippen molar-refractivity contribution in [3.05, 3.63) is 35.9 Å². The largest absolute Gasteiger partial charge is 0.490 e. The maximum absolute atomic E-state index is 12.1. The van der Waals surface area contributed by atoms with Gasteiger partial charge in [0.2, 0.25) is 17.7 Å². The van der Waals surface area contributed by atoms with Crippen LogP contribution in [0.5, 0.6) is 11.6 Å². The van der Waals surface area contributed by atoms with Crippen molar-refractivity contribution in [3.8, 4) is 23.1 Å². The van der Waals surface area contributed by atoms with Gasteiger partial charge in [0.05, 0.1) is 29.5 Å². The molecule has 0 bridgehead atoms. The number of aromatic nitrogens is 2. The lowest BCUT2D eigenvalue weighted by Gasteiger charge is -2.17. The van der Waals surface area contributed by atoms with Crippen LogP contribution in [0.1, 0.15) is 42.8 Å². The first-order valence-electron chi connectivity index (χ1n) is 10.1. The molecule has 0 radical (unpaired) electrons. The normalized spacial score (nSPS) is 16.0. The third kappa shape index (κ3) is 4.30. The van der Waals surface area contributed by atoms with E-state index in [0.717, 1.165) is 0 Å². The van der Waals surface area contributed by atoms with Gasteiger partial charge in [0, 0.05) is 23.4 Å². The third-order valence-corrected chi connectivity index (χ3v) is 4.94. The second-order valence-corrected chi connectivity index (χ2v) is 7.79.